The maximum absolute atomic E-state index is 14.9. The van der Waals surface area contributed by atoms with Gasteiger partial charge in [-0.3, -0.25) is 24.1 Å². The van der Waals surface area contributed by atoms with Crippen LogP contribution in [0.15, 0.2) is 97.1 Å². The maximum atomic E-state index is 14.9. The van der Waals surface area contributed by atoms with E-state index in [1.165, 1.54) is 36.4 Å². The first-order valence-electron chi connectivity index (χ1n) is 13.5. The molecule has 0 spiro atoms. The average Bonchev–Trinajstić information content (AvgIpc) is 3.23. The van der Waals surface area contributed by atoms with Crippen LogP contribution in [0.4, 0.5) is 25.8 Å². The summed E-state index contributed by atoms with van der Waals surface area (Å²) < 4.78 is 28.8. The summed E-state index contributed by atoms with van der Waals surface area (Å²) in [7, 11) is 3.75. The number of halogens is 2. The fourth-order valence-corrected chi connectivity index (χ4v) is 4.94. The van der Waals surface area contributed by atoms with Crippen molar-refractivity contribution in [1.82, 2.24) is 4.90 Å². The molecule has 0 fully saturated rings. The average molecular weight is 583 g/mol. The van der Waals surface area contributed by atoms with Crippen molar-refractivity contribution in [3.05, 3.63) is 125 Å². The molecule has 1 aliphatic rings. The summed E-state index contributed by atoms with van der Waals surface area (Å²) in [4.78, 5) is 57.6. The van der Waals surface area contributed by atoms with Gasteiger partial charge in [0, 0.05) is 37.6 Å². The fraction of sp³-hybridized carbons (Fsp3) is 0.152. The summed E-state index contributed by atoms with van der Waals surface area (Å²) in [5.41, 5.74) is 2.15. The van der Waals surface area contributed by atoms with Crippen LogP contribution in [-0.4, -0.2) is 49.0 Å². The molecule has 1 unspecified atom stereocenters. The number of carbonyl (C=O) groups excluding carboxylic acids is 4. The first-order valence-corrected chi connectivity index (χ1v) is 13.5. The van der Waals surface area contributed by atoms with Gasteiger partial charge in [-0.1, -0.05) is 42.5 Å². The highest BCUT2D eigenvalue weighted by Gasteiger charge is 2.39. The van der Waals surface area contributed by atoms with Crippen LogP contribution >= 0.6 is 0 Å². The number of amides is 3. The summed E-state index contributed by atoms with van der Waals surface area (Å²) in [5, 5.41) is 2.81. The Morgan fingerprint density at radius 2 is 1.49 bits per heavy atom. The van der Waals surface area contributed by atoms with Crippen molar-refractivity contribution in [3.8, 4) is 0 Å². The lowest BCUT2D eigenvalue weighted by atomic mass is 10.0. The van der Waals surface area contributed by atoms with Gasteiger partial charge in [0.25, 0.3) is 17.6 Å². The van der Waals surface area contributed by atoms with Crippen LogP contribution in [0.1, 0.15) is 27.5 Å². The molecule has 43 heavy (non-hydrogen) atoms. The molecule has 4 aromatic rings. The number of fused-ring (bicyclic) bond motifs is 1. The summed E-state index contributed by atoms with van der Waals surface area (Å²) in [5.74, 6) is -4.16. The highest BCUT2D eigenvalue weighted by Crippen LogP contribution is 2.31. The number of benzene rings is 4. The molecule has 1 heterocycles. The van der Waals surface area contributed by atoms with E-state index in [1.54, 1.807) is 48.5 Å². The van der Waals surface area contributed by atoms with Crippen molar-refractivity contribution >= 4 is 40.6 Å². The Bertz CT molecular complexity index is 1690. The molecular weight excluding hydrogens is 554 g/mol. The molecule has 10 heteroatoms. The second-order valence-electron chi connectivity index (χ2n) is 10.2. The zero-order chi connectivity index (χ0) is 30.7. The third-order valence-electron chi connectivity index (χ3n) is 7.19. The van der Waals surface area contributed by atoms with Crippen molar-refractivity contribution in [2.45, 2.75) is 12.6 Å². The van der Waals surface area contributed by atoms with Crippen LogP contribution in [0.25, 0.3) is 0 Å². The molecule has 5 rings (SSSR count). The Labute approximate surface area is 247 Å². The smallest absolute Gasteiger partial charge is 0.299 e. The van der Waals surface area contributed by atoms with E-state index in [-0.39, 0.29) is 28.9 Å². The lowest BCUT2D eigenvalue weighted by Gasteiger charge is -2.33. The Morgan fingerprint density at radius 1 is 0.837 bits per heavy atom. The standard InChI is InChI=1S/C33H28F2N4O4/c1-37(2)25-17-15-24(16-18-25)36-32(42)30(21-11-13-23(34)14-12-21)39(19-22-7-3-5-9-27(22)35)29(40)20-38-28-10-6-4-8-26(28)31(41)33(38)43/h3-18,30H,19-20H2,1-2H3,(H,36,42). The van der Waals surface area contributed by atoms with Crippen LogP contribution in [0.5, 0.6) is 0 Å². The lowest BCUT2D eigenvalue weighted by Crippen LogP contribution is -2.46. The quantitative estimate of drug-likeness (QED) is 0.282. The number of carbonyl (C=O) groups is 4. The largest absolute Gasteiger partial charge is 0.378 e. The molecule has 0 radical (unpaired) electrons. The van der Waals surface area contributed by atoms with Gasteiger partial charge in [0.05, 0.1) is 11.3 Å². The van der Waals surface area contributed by atoms with E-state index in [1.807, 2.05) is 19.0 Å². The van der Waals surface area contributed by atoms with Crippen LogP contribution in [-0.2, 0) is 20.9 Å². The van der Waals surface area contributed by atoms with Crippen molar-refractivity contribution in [2.75, 3.05) is 35.8 Å². The van der Waals surface area contributed by atoms with E-state index < -0.39 is 47.7 Å². The van der Waals surface area contributed by atoms with Crippen LogP contribution < -0.4 is 15.1 Å². The van der Waals surface area contributed by atoms with Crippen molar-refractivity contribution in [3.63, 3.8) is 0 Å². The van der Waals surface area contributed by atoms with E-state index in [0.29, 0.717) is 5.69 Å². The molecule has 3 amide bonds. The van der Waals surface area contributed by atoms with Gasteiger partial charge < -0.3 is 15.1 Å². The number of hydrogen-bond donors (Lipinski definition) is 1. The Balaban J connectivity index is 1.55. The van der Waals surface area contributed by atoms with Crippen LogP contribution in [0, 0.1) is 11.6 Å². The zero-order valence-corrected chi connectivity index (χ0v) is 23.5. The van der Waals surface area contributed by atoms with E-state index in [0.717, 1.165) is 27.6 Å². The molecule has 8 nitrogen and oxygen atoms in total. The molecule has 1 N–H and O–H groups in total. The molecule has 0 aromatic heterocycles. The van der Waals surface area contributed by atoms with Crippen molar-refractivity contribution in [1.29, 1.82) is 0 Å². The fourth-order valence-electron chi connectivity index (χ4n) is 4.94. The summed E-state index contributed by atoms with van der Waals surface area (Å²) >= 11 is 0. The Hall–Kier alpha value is -5.38. The molecule has 0 aliphatic carbocycles. The number of rotatable bonds is 9. The van der Waals surface area contributed by atoms with Gasteiger partial charge in [-0.2, -0.15) is 0 Å². The maximum Gasteiger partial charge on any atom is 0.299 e. The SMILES string of the molecule is CN(C)c1ccc(NC(=O)C(c2ccc(F)cc2)N(Cc2ccccc2F)C(=O)CN2C(=O)C(=O)c3ccccc32)cc1. The molecule has 1 atom stereocenters. The first kappa shape index (κ1) is 29.1. The van der Waals surface area contributed by atoms with Gasteiger partial charge in [-0.15, -0.1) is 0 Å². The number of nitrogens with one attached hydrogen (secondary N) is 1. The Kier molecular flexibility index (Phi) is 8.29. The lowest BCUT2D eigenvalue weighted by molar-refractivity contribution is -0.139. The van der Waals surface area contributed by atoms with E-state index >= 15 is 0 Å². The van der Waals surface area contributed by atoms with Crippen molar-refractivity contribution in [2.24, 2.45) is 0 Å². The van der Waals surface area contributed by atoms with E-state index in [4.69, 9.17) is 0 Å². The monoisotopic (exact) mass is 582 g/mol. The molecule has 0 saturated carbocycles. The number of Topliss-reactive ketones (excluding diaryl/α,β-unsaturated/α-hetero) is 1. The number of ketones is 1. The number of nitrogens with zero attached hydrogens (tertiary/aromatic N) is 3. The topological polar surface area (TPSA) is 90.0 Å². The first-order chi connectivity index (χ1) is 20.6. The van der Waals surface area contributed by atoms with Gasteiger partial charge in [-0.25, -0.2) is 8.78 Å². The second kappa shape index (κ2) is 12.2. The van der Waals surface area contributed by atoms with Gasteiger partial charge in [-0.05, 0) is 60.2 Å². The summed E-state index contributed by atoms with van der Waals surface area (Å²) in [6, 6.07) is 22.8. The highest BCUT2D eigenvalue weighted by atomic mass is 19.1. The third kappa shape index (κ3) is 6.13. The van der Waals surface area contributed by atoms with Gasteiger partial charge >= 0.3 is 0 Å². The van der Waals surface area contributed by atoms with Gasteiger partial charge in [0.15, 0.2) is 0 Å². The predicted octanol–water partition coefficient (Wildman–Crippen LogP) is 4.97. The highest BCUT2D eigenvalue weighted by molar-refractivity contribution is 6.52. The number of hydrogen-bond acceptors (Lipinski definition) is 5. The minimum Gasteiger partial charge on any atom is -0.378 e. The second-order valence-corrected chi connectivity index (χ2v) is 10.2. The summed E-state index contributed by atoms with van der Waals surface area (Å²) in [6.45, 7) is -0.934. The number of anilines is 3. The van der Waals surface area contributed by atoms with Gasteiger partial charge in [0.2, 0.25) is 5.91 Å². The van der Waals surface area contributed by atoms with Crippen LogP contribution in [0.3, 0.4) is 0 Å². The zero-order valence-electron chi connectivity index (χ0n) is 23.5. The predicted molar refractivity (Wildman–Crippen MR) is 159 cm³/mol. The van der Waals surface area contributed by atoms with E-state index in [2.05, 4.69) is 5.32 Å². The normalized spacial score (nSPS) is 13.0. The Morgan fingerprint density at radius 3 is 2.16 bits per heavy atom. The third-order valence-corrected chi connectivity index (χ3v) is 7.19. The van der Waals surface area contributed by atoms with Crippen molar-refractivity contribution < 1.29 is 28.0 Å². The van der Waals surface area contributed by atoms with Gasteiger partial charge in [0.1, 0.15) is 24.2 Å². The minimum absolute atomic E-state index is 0.121. The molecule has 1 aliphatic heterocycles. The summed E-state index contributed by atoms with van der Waals surface area (Å²) in [6.07, 6.45) is 0. The molecule has 4 aromatic carbocycles. The molecule has 0 saturated heterocycles. The molecule has 0 bridgehead atoms. The molecular formula is C33H28F2N4O4. The minimum atomic E-state index is -1.36. The van der Waals surface area contributed by atoms with E-state index in [9.17, 15) is 28.0 Å². The molecule has 218 valence electrons. The number of para-hydroxylation sites is 1. The van der Waals surface area contributed by atoms with Crippen LogP contribution in [0.2, 0.25) is 0 Å².